The first-order valence-corrected chi connectivity index (χ1v) is 11.2. The Kier molecular flexibility index (Phi) is 14.8. The summed E-state index contributed by atoms with van der Waals surface area (Å²) in [6, 6.07) is 8.51. The topological polar surface area (TPSA) is 40.6 Å². The molecular weight excluding hydrogens is 496 g/mol. The molecule has 2 aromatic rings. The molecule has 0 bridgehead atoms. The van der Waals surface area contributed by atoms with Crippen molar-refractivity contribution in [3.8, 4) is 0 Å². The number of halogens is 4. The minimum Gasteiger partial charge on any atom is -0.366 e. The van der Waals surface area contributed by atoms with E-state index >= 15 is 0 Å². The number of hydrogen-bond donors (Lipinski definition) is 0. The largest absolute Gasteiger partial charge is 2.00 e. The van der Waals surface area contributed by atoms with Crippen LogP contribution in [0.2, 0.25) is 0 Å². The number of carbonyl (C=O) groups is 2. The Hall–Kier alpha value is -2.19. The van der Waals surface area contributed by atoms with E-state index in [1.807, 2.05) is 26.0 Å². The van der Waals surface area contributed by atoms with E-state index in [1.165, 1.54) is 36.0 Å². The average Bonchev–Trinajstić information content (AvgIpc) is 2.78. The van der Waals surface area contributed by atoms with Gasteiger partial charge in [-0.25, -0.2) is 17.6 Å². The van der Waals surface area contributed by atoms with Gasteiger partial charge in [0.2, 0.25) is 11.8 Å². The normalized spacial score (nSPS) is 11.9. The van der Waals surface area contributed by atoms with E-state index in [2.05, 4.69) is 0 Å². The summed E-state index contributed by atoms with van der Waals surface area (Å²) in [5.41, 5.74) is 0.110. The fourth-order valence-electron chi connectivity index (χ4n) is 3.40. The van der Waals surface area contributed by atoms with Crippen LogP contribution in [0.3, 0.4) is 0 Å². The van der Waals surface area contributed by atoms with E-state index in [9.17, 15) is 27.2 Å². The Morgan fingerprint density at radius 3 is 1.31 bits per heavy atom. The van der Waals surface area contributed by atoms with Crippen LogP contribution in [0, 0.1) is 47.2 Å². The molecule has 2 unspecified atom stereocenters. The Balaban J connectivity index is 0.000000642. The van der Waals surface area contributed by atoms with Gasteiger partial charge in [-0.2, -0.15) is 0 Å². The van der Waals surface area contributed by atoms with Crippen molar-refractivity contribution in [1.82, 2.24) is 0 Å². The Morgan fingerprint density at radius 1 is 0.743 bits per heavy atom. The molecule has 0 aliphatic heterocycles. The molecule has 0 radical (unpaired) electrons. The molecule has 2 amide bonds. The molecular formula is C26H32F4N2O2Ti. The van der Waals surface area contributed by atoms with Crippen LogP contribution in [0.15, 0.2) is 24.3 Å². The fraction of sp³-hybridized carbons (Fsp3) is 0.462. The molecule has 35 heavy (non-hydrogen) atoms. The third-order valence-corrected chi connectivity index (χ3v) is 5.35. The molecule has 0 aliphatic rings. The number of hydrogen-bond acceptors (Lipinski definition) is 2. The zero-order valence-corrected chi connectivity index (χ0v) is 22.6. The third kappa shape index (κ3) is 9.77. The van der Waals surface area contributed by atoms with Gasteiger partial charge in [0.25, 0.3) is 0 Å². The van der Waals surface area contributed by atoms with Crippen molar-refractivity contribution in [2.75, 3.05) is 23.9 Å². The summed E-state index contributed by atoms with van der Waals surface area (Å²) in [4.78, 5) is 26.3. The van der Waals surface area contributed by atoms with Gasteiger partial charge in [0.1, 0.15) is 0 Å². The van der Waals surface area contributed by atoms with Crippen molar-refractivity contribution in [2.45, 2.75) is 53.4 Å². The molecule has 0 saturated carbocycles. The predicted octanol–water partition coefficient (Wildman–Crippen LogP) is 6.33. The summed E-state index contributed by atoms with van der Waals surface area (Å²) >= 11 is 0. The van der Waals surface area contributed by atoms with Crippen molar-refractivity contribution in [3.05, 3.63) is 59.7 Å². The average molecular weight is 528 g/mol. The minimum atomic E-state index is -0.843. The first-order chi connectivity index (χ1) is 15.9. The van der Waals surface area contributed by atoms with Gasteiger partial charge in [-0.15, -0.1) is 36.4 Å². The van der Waals surface area contributed by atoms with Crippen molar-refractivity contribution in [1.29, 1.82) is 0 Å². The molecule has 0 N–H and O–H groups in total. The first-order valence-electron chi connectivity index (χ1n) is 11.2. The molecule has 0 aromatic heterocycles. The summed E-state index contributed by atoms with van der Waals surface area (Å²) in [7, 11) is 2.97. The number of nitrogens with zero attached hydrogens (tertiary/aromatic N) is 2. The van der Waals surface area contributed by atoms with Gasteiger partial charge < -0.3 is 9.80 Å². The maximum atomic E-state index is 13.4. The monoisotopic (exact) mass is 528 g/mol. The number of anilines is 2. The molecule has 2 atom stereocenters. The van der Waals surface area contributed by atoms with Crippen LogP contribution >= 0.6 is 0 Å². The summed E-state index contributed by atoms with van der Waals surface area (Å²) < 4.78 is 52.2. The maximum Gasteiger partial charge on any atom is 2.00 e. The molecule has 0 heterocycles. The molecule has 9 heteroatoms. The third-order valence-electron chi connectivity index (χ3n) is 5.35. The van der Waals surface area contributed by atoms with Crippen molar-refractivity contribution in [3.63, 3.8) is 0 Å². The van der Waals surface area contributed by atoms with Crippen LogP contribution in [0.4, 0.5) is 28.9 Å². The second-order valence-corrected chi connectivity index (χ2v) is 8.18. The summed E-state index contributed by atoms with van der Waals surface area (Å²) in [5.74, 6) is -3.92. The van der Waals surface area contributed by atoms with Crippen LogP contribution in [0.5, 0.6) is 0 Å². The maximum absolute atomic E-state index is 13.4. The zero-order valence-electron chi connectivity index (χ0n) is 21.0. The summed E-state index contributed by atoms with van der Waals surface area (Å²) in [5, 5.41) is 0. The van der Waals surface area contributed by atoms with Crippen molar-refractivity contribution < 1.29 is 48.9 Å². The number of amides is 2. The standard InChI is InChI=1S/2C13H16F2NO.Ti/c2*1-4-5-9(2)13(17)16(3)12-7-6-10(14)8-11(12)15;/h2*6-7,9H,4-5H2,1-3H3;/q2*-1;+2. The molecule has 0 aliphatic carbocycles. The molecule has 2 rings (SSSR count). The van der Waals surface area contributed by atoms with E-state index < -0.39 is 23.3 Å². The molecule has 190 valence electrons. The molecule has 0 fully saturated rings. The second kappa shape index (κ2) is 15.7. The molecule has 2 aromatic carbocycles. The molecule has 4 nitrogen and oxygen atoms in total. The second-order valence-electron chi connectivity index (χ2n) is 8.18. The van der Waals surface area contributed by atoms with Gasteiger partial charge in [0.15, 0.2) is 0 Å². The quantitative estimate of drug-likeness (QED) is 0.229. The van der Waals surface area contributed by atoms with Crippen molar-refractivity contribution >= 4 is 23.2 Å². The van der Waals surface area contributed by atoms with Crippen LogP contribution in [-0.4, -0.2) is 25.9 Å². The van der Waals surface area contributed by atoms with E-state index in [1.54, 1.807) is 13.8 Å². The van der Waals surface area contributed by atoms with Crippen LogP contribution in [0.25, 0.3) is 0 Å². The first kappa shape index (κ1) is 32.8. The fourth-order valence-corrected chi connectivity index (χ4v) is 3.40. The number of benzene rings is 2. The Bertz CT molecular complexity index is 897. The van der Waals surface area contributed by atoms with Crippen LogP contribution < -0.4 is 9.80 Å². The molecule has 0 saturated heterocycles. The van der Waals surface area contributed by atoms with E-state index in [0.29, 0.717) is 0 Å². The smallest absolute Gasteiger partial charge is 0.366 e. The van der Waals surface area contributed by atoms with E-state index in [-0.39, 0.29) is 56.7 Å². The van der Waals surface area contributed by atoms with Crippen LogP contribution in [-0.2, 0) is 31.3 Å². The number of rotatable bonds is 8. The Labute approximate surface area is 220 Å². The Morgan fingerprint density at radius 2 is 1.06 bits per heavy atom. The molecule has 0 spiro atoms. The van der Waals surface area contributed by atoms with Crippen LogP contribution in [0.1, 0.15) is 53.4 Å². The van der Waals surface area contributed by atoms with Gasteiger partial charge in [-0.1, -0.05) is 40.5 Å². The number of carbonyl (C=O) groups excluding carboxylic acids is 2. The minimum absolute atomic E-state index is 0. The van der Waals surface area contributed by atoms with Crippen molar-refractivity contribution in [2.24, 2.45) is 11.8 Å². The van der Waals surface area contributed by atoms with Gasteiger partial charge in [-0.3, -0.25) is 9.59 Å². The van der Waals surface area contributed by atoms with Gasteiger partial charge in [-0.05, 0) is 24.2 Å². The van der Waals surface area contributed by atoms with E-state index in [4.69, 9.17) is 0 Å². The predicted molar refractivity (Wildman–Crippen MR) is 125 cm³/mol. The van der Waals surface area contributed by atoms with Gasteiger partial charge in [0, 0.05) is 49.2 Å². The van der Waals surface area contributed by atoms with Gasteiger partial charge in [0.05, 0.1) is 0 Å². The van der Waals surface area contributed by atoms with E-state index in [0.717, 1.165) is 37.8 Å². The summed E-state index contributed by atoms with van der Waals surface area (Å²) in [6.45, 7) is 7.56. The zero-order chi connectivity index (χ0) is 26.0. The summed E-state index contributed by atoms with van der Waals surface area (Å²) in [6.07, 6.45) is 3.27. The SMILES string of the molecule is CCCC(C)C(=O)N(C)c1ccc(F)[c-]c1F.CCCC(C)C(=O)N(C)c1ccc(F)[c-]c1F.[Ti+2]. The van der Waals surface area contributed by atoms with Gasteiger partial charge >= 0.3 is 21.7 Å².